The Balaban J connectivity index is 1.46. The van der Waals surface area contributed by atoms with E-state index in [1.54, 1.807) is 6.20 Å². The van der Waals surface area contributed by atoms with E-state index in [9.17, 15) is 13.2 Å². The molecule has 0 atom stereocenters. The lowest BCUT2D eigenvalue weighted by molar-refractivity contribution is -0.137. The molecule has 2 aliphatic heterocycles. The third kappa shape index (κ3) is 4.53. The Morgan fingerprint density at radius 2 is 1.91 bits per heavy atom. The zero-order valence-electron chi connectivity index (χ0n) is 18.2. The van der Waals surface area contributed by atoms with Gasteiger partial charge in [0.25, 0.3) is 0 Å². The highest BCUT2D eigenvalue weighted by Gasteiger charge is 2.32. The third-order valence-corrected chi connectivity index (χ3v) is 5.99. The zero-order valence-corrected chi connectivity index (χ0v) is 19.1. The van der Waals surface area contributed by atoms with Crippen LogP contribution in [0.25, 0.3) is 11.3 Å². The second-order valence-electron chi connectivity index (χ2n) is 8.08. The summed E-state index contributed by atoms with van der Waals surface area (Å²) in [6.45, 7) is 4.82. The second kappa shape index (κ2) is 8.80. The first-order chi connectivity index (χ1) is 16.3. The van der Waals surface area contributed by atoms with Gasteiger partial charge in [-0.05, 0) is 31.2 Å². The summed E-state index contributed by atoms with van der Waals surface area (Å²) < 4.78 is 45.1. The van der Waals surface area contributed by atoms with Gasteiger partial charge in [-0.25, -0.2) is 15.0 Å². The molecule has 0 spiro atoms. The molecule has 4 heterocycles. The number of nitrogens with zero attached hydrogens (tertiary/aromatic N) is 4. The largest absolute Gasteiger partial charge is 0.416 e. The van der Waals surface area contributed by atoms with Crippen molar-refractivity contribution in [3.63, 3.8) is 0 Å². The Morgan fingerprint density at radius 3 is 2.65 bits per heavy atom. The maximum atomic E-state index is 13.2. The number of hydrogen-bond acceptors (Lipinski definition) is 7. The van der Waals surface area contributed by atoms with Crippen LogP contribution in [0.4, 0.5) is 36.3 Å². The molecule has 5 rings (SSSR count). The number of hydrogen-bond donors (Lipinski definition) is 2. The molecule has 11 heteroatoms. The van der Waals surface area contributed by atoms with Crippen LogP contribution < -0.4 is 15.5 Å². The van der Waals surface area contributed by atoms with E-state index in [0.717, 1.165) is 48.0 Å². The number of rotatable bonds is 3. The summed E-state index contributed by atoms with van der Waals surface area (Å²) in [5, 5.41) is 6.11. The van der Waals surface area contributed by atoms with Crippen molar-refractivity contribution in [2.45, 2.75) is 19.5 Å². The summed E-state index contributed by atoms with van der Waals surface area (Å²) in [5.74, 6) is 1.20. The average Bonchev–Trinajstić information content (AvgIpc) is 2.95. The van der Waals surface area contributed by atoms with Gasteiger partial charge in [0.2, 0.25) is 5.95 Å². The molecule has 0 saturated carbocycles. The number of benzene rings is 1. The predicted octanol–water partition coefficient (Wildman–Crippen LogP) is 4.74. The summed E-state index contributed by atoms with van der Waals surface area (Å²) in [5.41, 5.74) is 2.84. The molecule has 1 saturated heterocycles. The van der Waals surface area contributed by atoms with Crippen molar-refractivity contribution in [2.75, 3.05) is 41.8 Å². The fourth-order valence-corrected chi connectivity index (χ4v) is 4.26. The number of aromatic nitrogens is 3. The lowest BCUT2D eigenvalue weighted by Gasteiger charge is -2.28. The summed E-state index contributed by atoms with van der Waals surface area (Å²) in [7, 11) is 0. The first-order valence-electron chi connectivity index (χ1n) is 10.7. The molecular formula is C23H21F3N6OS. The van der Waals surface area contributed by atoms with Crippen molar-refractivity contribution >= 4 is 40.3 Å². The molecule has 2 aliphatic rings. The van der Waals surface area contributed by atoms with E-state index in [0.29, 0.717) is 41.8 Å². The van der Waals surface area contributed by atoms with Crippen LogP contribution in [0.3, 0.4) is 0 Å². The fraction of sp³-hybridized carbons (Fsp3) is 0.304. The van der Waals surface area contributed by atoms with Gasteiger partial charge in [-0.15, -0.1) is 0 Å². The number of thiocarbonyl (C=S) groups is 1. The molecule has 0 radical (unpaired) electrons. The van der Waals surface area contributed by atoms with Gasteiger partial charge in [0, 0.05) is 42.5 Å². The maximum absolute atomic E-state index is 13.2. The topological polar surface area (TPSA) is 75.2 Å². The van der Waals surface area contributed by atoms with Gasteiger partial charge in [-0.3, -0.25) is 0 Å². The summed E-state index contributed by atoms with van der Waals surface area (Å²) in [6, 6.07) is 7.37. The minimum Gasteiger partial charge on any atom is -0.378 e. The quantitative estimate of drug-likeness (QED) is 0.515. The highest BCUT2D eigenvalue weighted by atomic mass is 32.1. The van der Waals surface area contributed by atoms with Gasteiger partial charge in [0.15, 0.2) is 0 Å². The Bertz CT molecular complexity index is 1260. The van der Waals surface area contributed by atoms with Crippen molar-refractivity contribution in [1.82, 2.24) is 15.0 Å². The zero-order chi connectivity index (χ0) is 23.9. The molecule has 176 valence electrons. The van der Waals surface area contributed by atoms with E-state index >= 15 is 0 Å². The molecule has 3 aromatic rings. The van der Waals surface area contributed by atoms with Crippen LogP contribution >= 0.6 is 12.2 Å². The van der Waals surface area contributed by atoms with Gasteiger partial charge in [0.05, 0.1) is 40.8 Å². The number of halogens is 3. The summed E-state index contributed by atoms with van der Waals surface area (Å²) in [4.78, 5) is 16.3. The number of pyridine rings is 1. The molecule has 0 amide bonds. The lowest BCUT2D eigenvalue weighted by Crippen LogP contribution is -2.36. The van der Waals surface area contributed by atoms with Crippen LogP contribution in [-0.4, -0.2) is 46.2 Å². The monoisotopic (exact) mass is 486 g/mol. The molecule has 0 unspecified atom stereocenters. The van der Waals surface area contributed by atoms with E-state index in [4.69, 9.17) is 21.9 Å². The summed E-state index contributed by atoms with van der Waals surface area (Å²) in [6.07, 6.45) is -2.48. The van der Waals surface area contributed by atoms with Crippen LogP contribution in [0.2, 0.25) is 0 Å². The van der Waals surface area contributed by atoms with Crippen molar-refractivity contribution in [2.24, 2.45) is 0 Å². The summed E-state index contributed by atoms with van der Waals surface area (Å²) >= 11 is 5.32. The maximum Gasteiger partial charge on any atom is 0.416 e. The molecule has 7 nitrogen and oxygen atoms in total. The second-order valence-corrected chi connectivity index (χ2v) is 8.57. The van der Waals surface area contributed by atoms with Gasteiger partial charge in [-0.1, -0.05) is 18.3 Å². The van der Waals surface area contributed by atoms with Crippen molar-refractivity contribution in [3.8, 4) is 11.3 Å². The van der Waals surface area contributed by atoms with Crippen LogP contribution in [0.15, 0.2) is 36.5 Å². The van der Waals surface area contributed by atoms with Crippen molar-refractivity contribution in [3.05, 3.63) is 53.3 Å². The number of alkyl halides is 3. The number of nitrogens with one attached hydrogen (secondary N) is 2. The lowest BCUT2D eigenvalue weighted by atomic mass is 10.0. The number of ether oxygens (including phenoxy) is 1. The Kier molecular flexibility index (Phi) is 5.82. The molecule has 0 bridgehead atoms. The third-order valence-electron chi connectivity index (χ3n) is 5.74. The Labute approximate surface area is 199 Å². The number of fused-ring (bicyclic) bond motifs is 3. The highest BCUT2D eigenvalue weighted by molar-refractivity contribution is 7.80. The molecule has 1 fully saturated rings. The SMILES string of the molecule is Cc1nc(N2CCOCC2)ccc1Nc1ncc2c(n1)-c1ccc(C(F)(F)F)cc1NC(=S)C2. The number of anilines is 4. The Morgan fingerprint density at radius 1 is 1.12 bits per heavy atom. The smallest absolute Gasteiger partial charge is 0.378 e. The average molecular weight is 487 g/mol. The van der Waals surface area contributed by atoms with Crippen molar-refractivity contribution in [1.29, 1.82) is 0 Å². The first-order valence-corrected chi connectivity index (χ1v) is 11.1. The molecule has 2 aromatic heterocycles. The minimum atomic E-state index is -4.45. The van der Waals surface area contributed by atoms with Gasteiger partial charge >= 0.3 is 6.18 Å². The van der Waals surface area contributed by atoms with E-state index in [-0.39, 0.29) is 5.69 Å². The normalized spacial score (nSPS) is 15.8. The molecule has 0 aliphatic carbocycles. The predicted molar refractivity (Wildman–Crippen MR) is 128 cm³/mol. The van der Waals surface area contributed by atoms with Gasteiger partial charge in [0.1, 0.15) is 5.82 Å². The van der Waals surface area contributed by atoms with E-state index in [1.807, 2.05) is 19.1 Å². The van der Waals surface area contributed by atoms with E-state index < -0.39 is 11.7 Å². The molecule has 34 heavy (non-hydrogen) atoms. The number of aryl methyl sites for hydroxylation is 1. The van der Waals surface area contributed by atoms with Crippen LogP contribution in [-0.2, 0) is 17.3 Å². The molecular weight excluding hydrogens is 465 g/mol. The van der Waals surface area contributed by atoms with Crippen LogP contribution in [0.1, 0.15) is 16.8 Å². The minimum absolute atomic E-state index is 0.274. The van der Waals surface area contributed by atoms with E-state index in [2.05, 4.69) is 25.5 Å². The van der Waals surface area contributed by atoms with Crippen LogP contribution in [0.5, 0.6) is 0 Å². The standard InChI is InChI=1S/C23H21F3N6OS/c1-13-17(4-5-19(28-13)32-6-8-33-9-7-32)30-22-27-12-14-10-20(34)29-18-11-15(23(24,25)26)2-3-16(18)21(14)31-22/h2-5,11-12H,6-10H2,1H3,(H,29,34)(H,27,30,31). The number of morpholine rings is 1. The molecule has 2 N–H and O–H groups in total. The van der Waals surface area contributed by atoms with E-state index in [1.165, 1.54) is 6.07 Å². The Hall–Kier alpha value is -3.31. The highest BCUT2D eigenvalue weighted by Crippen LogP contribution is 2.38. The van der Waals surface area contributed by atoms with Crippen LogP contribution in [0, 0.1) is 6.92 Å². The molecule has 1 aromatic carbocycles. The van der Waals surface area contributed by atoms with Gasteiger partial charge < -0.3 is 20.3 Å². The fourth-order valence-electron chi connectivity index (χ4n) is 4.00. The van der Waals surface area contributed by atoms with Gasteiger partial charge in [-0.2, -0.15) is 13.2 Å². The van der Waals surface area contributed by atoms with Crippen molar-refractivity contribution < 1.29 is 17.9 Å². The first kappa shape index (κ1) is 22.5.